The largest absolute Gasteiger partial charge is 0.264 e. The molecule has 0 N–H and O–H groups in total. The maximum atomic E-state index is 4.63. The van der Waals surface area contributed by atoms with Crippen LogP contribution in [0.5, 0.6) is 0 Å². The zero-order valence-corrected chi connectivity index (χ0v) is 10.5. The predicted molar refractivity (Wildman–Crippen MR) is 76.9 cm³/mol. The van der Waals surface area contributed by atoms with Crippen molar-refractivity contribution < 1.29 is 0 Å². The van der Waals surface area contributed by atoms with E-state index in [4.69, 9.17) is 0 Å². The van der Waals surface area contributed by atoms with Crippen LogP contribution in [-0.4, -0.2) is 19.9 Å². The van der Waals surface area contributed by atoms with Gasteiger partial charge in [0.25, 0.3) is 0 Å². The van der Waals surface area contributed by atoms with Crippen molar-refractivity contribution >= 4 is 21.8 Å². The lowest BCUT2D eigenvalue weighted by molar-refractivity contribution is 1.29. The molecule has 0 saturated heterocycles. The summed E-state index contributed by atoms with van der Waals surface area (Å²) in [7, 11) is 0. The first kappa shape index (κ1) is 11.0. The summed E-state index contributed by atoms with van der Waals surface area (Å²) >= 11 is 0. The van der Waals surface area contributed by atoms with Gasteiger partial charge in [0.05, 0.1) is 29.1 Å². The van der Waals surface area contributed by atoms with E-state index in [1.165, 1.54) is 0 Å². The van der Waals surface area contributed by atoms with Crippen LogP contribution in [0.25, 0.3) is 33.1 Å². The van der Waals surface area contributed by atoms with Crippen LogP contribution < -0.4 is 0 Å². The molecule has 4 heterocycles. The summed E-state index contributed by atoms with van der Waals surface area (Å²) < 4.78 is 0. The van der Waals surface area contributed by atoms with Gasteiger partial charge in [-0.05, 0) is 30.3 Å². The Hall–Kier alpha value is -2.88. The fourth-order valence-corrected chi connectivity index (χ4v) is 2.17. The van der Waals surface area contributed by atoms with Gasteiger partial charge in [0.1, 0.15) is 0 Å². The molecule has 0 aliphatic carbocycles. The van der Waals surface area contributed by atoms with E-state index in [1.54, 1.807) is 24.8 Å². The number of rotatable bonds is 1. The van der Waals surface area contributed by atoms with Crippen molar-refractivity contribution in [3.05, 3.63) is 61.3 Å². The highest BCUT2D eigenvalue weighted by Crippen LogP contribution is 2.22. The summed E-state index contributed by atoms with van der Waals surface area (Å²) in [6, 6.07) is 9.83. The Balaban J connectivity index is 1.91. The molecule has 0 aliphatic heterocycles. The quantitative estimate of drug-likeness (QED) is 0.526. The van der Waals surface area contributed by atoms with Crippen molar-refractivity contribution in [1.82, 2.24) is 19.9 Å². The van der Waals surface area contributed by atoms with E-state index in [9.17, 15) is 0 Å². The third-order valence-corrected chi connectivity index (χ3v) is 3.19. The Morgan fingerprint density at radius 3 is 2.70 bits per heavy atom. The minimum atomic E-state index is 0.834. The summed E-state index contributed by atoms with van der Waals surface area (Å²) in [6.07, 6.45) is 10.1. The minimum absolute atomic E-state index is 0.834. The van der Waals surface area contributed by atoms with Crippen LogP contribution in [0.2, 0.25) is 0 Å². The van der Waals surface area contributed by atoms with Gasteiger partial charge < -0.3 is 0 Å². The highest BCUT2D eigenvalue weighted by atomic mass is 14.7. The Morgan fingerprint density at radius 1 is 0.800 bits per heavy atom. The van der Waals surface area contributed by atoms with E-state index in [-0.39, 0.29) is 0 Å². The summed E-state index contributed by atoms with van der Waals surface area (Å²) in [6.45, 7) is 0. The van der Waals surface area contributed by atoms with Crippen molar-refractivity contribution in [2.45, 2.75) is 0 Å². The van der Waals surface area contributed by atoms with Gasteiger partial charge in [-0.15, -0.1) is 0 Å². The molecule has 93 valence electrons. The van der Waals surface area contributed by atoms with E-state index >= 15 is 0 Å². The molecule has 0 fully saturated rings. The van der Waals surface area contributed by atoms with Gasteiger partial charge in [0.2, 0.25) is 0 Å². The molecule has 0 aliphatic rings. The van der Waals surface area contributed by atoms with Crippen LogP contribution in [-0.2, 0) is 0 Å². The van der Waals surface area contributed by atoms with Crippen molar-refractivity contribution in [2.75, 3.05) is 0 Å². The van der Waals surface area contributed by atoms with Gasteiger partial charge in [-0.3, -0.25) is 9.97 Å². The normalized spacial score (nSPS) is 11.0. The summed E-state index contributed by atoms with van der Waals surface area (Å²) in [4.78, 5) is 17.1. The lowest BCUT2D eigenvalue weighted by atomic mass is 10.1. The van der Waals surface area contributed by atoms with Gasteiger partial charge in [-0.1, -0.05) is 0 Å². The fourth-order valence-electron chi connectivity index (χ4n) is 2.17. The van der Waals surface area contributed by atoms with E-state index < -0.39 is 0 Å². The summed E-state index contributed by atoms with van der Waals surface area (Å²) in [5.74, 6) is 0. The Morgan fingerprint density at radius 2 is 1.70 bits per heavy atom. The first-order valence-corrected chi connectivity index (χ1v) is 6.24. The van der Waals surface area contributed by atoms with Crippen molar-refractivity contribution in [3.8, 4) is 11.3 Å². The van der Waals surface area contributed by atoms with Gasteiger partial charge in [-0.2, -0.15) is 0 Å². The molecule has 4 rings (SSSR count). The summed E-state index contributed by atoms with van der Waals surface area (Å²) in [5, 5.41) is 2.06. The Kier molecular flexibility index (Phi) is 2.39. The van der Waals surface area contributed by atoms with E-state index in [0.717, 1.165) is 33.1 Å². The zero-order chi connectivity index (χ0) is 13.4. The fraction of sp³-hybridized carbons (Fsp3) is 0. The van der Waals surface area contributed by atoms with Crippen LogP contribution in [0.4, 0.5) is 0 Å². The van der Waals surface area contributed by atoms with E-state index in [2.05, 4.69) is 26.1 Å². The first-order valence-electron chi connectivity index (χ1n) is 6.24. The lowest BCUT2D eigenvalue weighted by Gasteiger charge is -2.03. The zero-order valence-electron chi connectivity index (χ0n) is 10.5. The molecule has 0 spiro atoms. The molecule has 1 radical (unpaired) electrons. The van der Waals surface area contributed by atoms with Crippen molar-refractivity contribution in [2.24, 2.45) is 0 Å². The Labute approximate surface area is 115 Å². The average Bonchev–Trinajstić information content (AvgIpc) is 2.54. The maximum absolute atomic E-state index is 4.63. The van der Waals surface area contributed by atoms with Crippen LogP contribution in [0.15, 0.2) is 55.1 Å². The second kappa shape index (κ2) is 4.35. The van der Waals surface area contributed by atoms with Crippen LogP contribution in [0.1, 0.15) is 0 Å². The lowest BCUT2D eigenvalue weighted by Crippen LogP contribution is -1.88. The number of fused-ring (bicyclic) bond motifs is 2. The molecule has 0 bridgehead atoms. The van der Waals surface area contributed by atoms with Crippen molar-refractivity contribution in [1.29, 1.82) is 0 Å². The van der Waals surface area contributed by atoms with Crippen LogP contribution in [0.3, 0.4) is 0 Å². The first-order chi connectivity index (χ1) is 9.90. The standard InChI is InChI=1S/C16H9N4/c1-2-14(20-15-4-6-17-8-12(1)15)13-7-11-3-5-18-10-16(11)19-9-13/h1-8,10H. The third-order valence-electron chi connectivity index (χ3n) is 3.19. The predicted octanol–water partition coefficient (Wildman–Crippen LogP) is 3.04. The number of pyridine rings is 4. The number of nitrogens with zero attached hydrogens (tertiary/aromatic N) is 4. The van der Waals surface area contributed by atoms with Gasteiger partial charge in [-0.25, -0.2) is 9.97 Å². The molecule has 0 unspecified atom stereocenters. The molecule has 0 atom stereocenters. The number of aromatic nitrogens is 4. The third kappa shape index (κ3) is 1.78. The molecular formula is C16H9N4. The molecule has 0 aromatic carbocycles. The van der Waals surface area contributed by atoms with Gasteiger partial charge >= 0.3 is 0 Å². The second-order valence-electron chi connectivity index (χ2n) is 4.48. The highest BCUT2D eigenvalue weighted by molar-refractivity contribution is 5.84. The van der Waals surface area contributed by atoms with Crippen molar-refractivity contribution in [3.63, 3.8) is 0 Å². The number of hydrogen-bond acceptors (Lipinski definition) is 4. The van der Waals surface area contributed by atoms with Crippen LogP contribution >= 0.6 is 0 Å². The summed E-state index contributed by atoms with van der Waals surface area (Å²) in [5.41, 5.74) is 3.49. The molecule has 4 heteroatoms. The van der Waals surface area contributed by atoms with Crippen LogP contribution in [0, 0.1) is 6.20 Å². The maximum Gasteiger partial charge on any atom is 0.0995 e. The van der Waals surface area contributed by atoms with E-state index in [0.29, 0.717) is 0 Å². The average molecular weight is 257 g/mol. The smallest absolute Gasteiger partial charge is 0.0995 e. The highest BCUT2D eigenvalue weighted by Gasteiger charge is 2.04. The second-order valence-corrected chi connectivity index (χ2v) is 4.48. The van der Waals surface area contributed by atoms with Gasteiger partial charge in [0.15, 0.2) is 0 Å². The molecule has 0 amide bonds. The topological polar surface area (TPSA) is 51.6 Å². The van der Waals surface area contributed by atoms with Gasteiger partial charge in [0, 0.05) is 34.9 Å². The Bertz CT molecular complexity index is 841. The minimum Gasteiger partial charge on any atom is -0.264 e. The molecule has 20 heavy (non-hydrogen) atoms. The molecule has 4 aromatic heterocycles. The molecular weight excluding hydrogens is 248 g/mol. The molecule has 4 aromatic rings. The monoisotopic (exact) mass is 257 g/mol. The SMILES string of the molecule is [c]1nc2cnccc2cc1-c1ccc2cnccc2n1. The number of hydrogen-bond donors (Lipinski definition) is 0. The van der Waals surface area contributed by atoms with E-state index in [1.807, 2.05) is 30.3 Å². The molecule has 0 saturated carbocycles. The molecule has 4 nitrogen and oxygen atoms in total.